The monoisotopic (exact) mass is 832 g/mol. The second-order valence-corrected chi connectivity index (χ2v) is 17.5. The molecule has 2 fully saturated rings. The van der Waals surface area contributed by atoms with Crippen molar-refractivity contribution in [2.24, 2.45) is 16.7 Å². The van der Waals surface area contributed by atoms with Crippen molar-refractivity contribution in [2.45, 2.75) is 122 Å². The largest absolute Gasteiger partial charge is 0.456 e. The van der Waals surface area contributed by atoms with Crippen LogP contribution in [0.3, 0.4) is 0 Å². The SMILES string of the molecule is CC(=O)O[C@H]1C(=O)[C@]2(C)C=C[C@H]3OO[C@@]3(OC(C)=O)[C@H]2[C@H](OC(=O)c2ccccc2)[C@]2(O)C[C@H](OC(=O)[C@H](O)[C@@H](NC(=O)NC(C)(C)C)c3ccccc3)C(C)=C1C2(C)C. The van der Waals surface area contributed by atoms with E-state index in [1.807, 2.05) is 0 Å². The number of hydrogen-bond donors (Lipinski definition) is 4. The van der Waals surface area contributed by atoms with E-state index in [1.165, 1.54) is 38.1 Å². The fraction of sp³-hybridized carbons (Fsp3) is 0.500. The second-order valence-electron chi connectivity index (χ2n) is 17.5. The number of Topliss-reactive ketones (excluding diaryl/α,β-unsaturated/α-hetero) is 1. The summed E-state index contributed by atoms with van der Waals surface area (Å²) in [6.45, 7) is 13.6. The highest BCUT2D eigenvalue weighted by Gasteiger charge is 2.77. The number of ether oxygens (including phenoxy) is 4. The molecular formula is C44H52N2O14. The summed E-state index contributed by atoms with van der Waals surface area (Å²) < 4.78 is 24.1. The molecule has 10 atom stereocenters. The summed E-state index contributed by atoms with van der Waals surface area (Å²) in [7, 11) is 0. The molecule has 2 aromatic carbocycles. The van der Waals surface area contributed by atoms with Gasteiger partial charge in [0.1, 0.15) is 17.8 Å². The minimum Gasteiger partial charge on any atom is -0.456 e. The van der Waals surface area contributed by atoms with Gasteiger partial charge in [0.2, 0.25) is 0 Å². The van der Waals surface area contributed by atoms with Crippen LogP contribution in [0.1, 0.15) is 90.7 Å². The van der Waals surface area contributed by atoms with Crippen LogP contribution in [0.4, 0.5) is 4.79 Å². The third-order valence-electron chi connectivity index (χ3n) is 11.9. The number of aliphatic hydroxyl groups excluding tert-OH is 1. The Morgan fingerprint density at radius 3 is 2.07 bits per heavy atom. The van der Waals surface area contributed by atoms with Gasteiger partial charge in [0.05, 0.1) is 22.9 Å². The lowest BCUT2D eigenvalue weighted by atomic mass is 9.48. The lowest BCUT2D eigenvalue weighted by molar-refractivity contribution is -0.575. The number of esters is 4. The zero-order chi connectivity index (χ0) is 44.2. The number of hydrogen-bond acceptors (Lipinski definition) is 14. The molecule has 1 saturated heterocycles. The van der Waals surface area contributed by atoms with Crippen molar-refractivity contribution in [2.75, 3.05) is 0 Å². The summed E-state index contributed by atoms with van der Waals surface area (Å²) in [5.41, 5.74) is -5.90. The molecule has 6 rings (SSSR count). The topological polar surface area (TPSA) is 222 Å². The van der Waals surface area contributed by atoms with Crippen molar-refractivity contribution < 1.29 is 67.7 Å². The van der Waals surface area contributed by atoms with Crippen LogP contribution in [0.15, 0.2) is 84.0 Å². The first kappa shape index (κ1) is 44.1. The van der Waals surface area contributed by atoms with E-state index in [4.69, 9.17) is 28.7 Å². The Morgan fingerprint density at radius 2 is 1.52 bits per heavy atom. The van der Waals surface area contributed by atoms with Gasteiger partial charge in [-0.1, -0.05) is 68.5 Å². The van der Waals surface area contributed by atoms with Gasteiger partial charge in [-0.2, -0.15) is 4.89 Å². The summed E-state index contributed by atoms with van der Waals surface area (Å²) in [4.78, 5) is 93.5. The van der Waals surface area contributed by atoms with Crippen molar-refractivity contribution >= 4 is 35.7 Å². The molecule has 1 saturated carbocycles. The zero-order valence-electron chi connectivity index (χ0n) is 35.0. The number of carbonyl (C=O) groups excluding carboxylic acids is 6. The zero-order valence-corrected chi connectivity index (χ0v) is 35.0. The van der Waals surface area contributed by atoms with Gasteiger partial charge in [0.25, 0.3) is 5.79 Å². The molecule has 0 unspecified atom stereocenters. The molecule has 4 aliphatic rings. The van der Waals surface area contributed by atoms with Gasteiger partial charge in [0.15, 0.2) is 24.1 Å². The number of benzene rings is 2. The van der Waals surface area contributed by atoms with Gasteiger partial charge < -0.3 is 39.8 Å². The summed E-state index contributed by atoms with van der Waals surface area (Å²) in [5, 5.41) is 30.6. The third-order valence-corrected chi connectivity index (χ3v) is 11.9. The Labute approximate surface area is 347 Å². The molecule has 60 heavy (non-hydrogen) atoms. The number of allylic oxidation sites excluding steroid dienone is 1. The standard InChI is InChI=1S/C44H52N2O14/c1-23-28(56-38(52)32(49)31(26-16-12-10-13-17-26)45-39(53)46-40(4,5)6)22-43(54)36(57-37(51)27-18-14-11-15-19-27)34-42(9,21-20-29-44(34,60-59-29)58-25(3)48)35(50)33(55-24(2)47)30(23)41(43,7)8/h10-21,28-29,31-34,36,49,54H,22H2,1-9H3,(H2,45,46,53)/t28-,29+,31-,32+,33+,34-,36-,42+,43+,44+/m0/s1. The summed E-state index contributed by atoms with van der Waals surface area (Å²) in [6.07, 6.45) is -5.85. The molecule has 2 bridgehead atoms. The molecule has 4 N–H and O–H groups in total. The van der Waals surface area contributed by atoms with Gasteiger partial charge in [0, 0.05) is 31.2 Å². The number of fused-ring (bicyclic) bond motifs is 5. The molecule has 322 valence electrons. The van der Waals surface area contributed by atoms with E-state index in [1.54, 1.807) is 83.1 Å². The van der Waals surface area contributed by atoms with Crippen molar-refractivity contribution in [3.63, 3.8) is 0 Å². The highest BCUT2D eigenvalue weighted by molar-refractivity contribution is 5.96. The van der Waals surface area contributed by atoms with Crippen LogP contribution in [0.2, 0.25) is 0 Å². The number of urea groups is 1. The highest BCUT2D eigenvalue weighted by atomic mass is 17.3. The van der Waals surface area contributed by atoms with E-state index in [-0.39, 0.29) is 16.7 Å². The lowest BCUT2D eigenvalue weighted by Crippen LogP contribution is -2.78. The van der Waals surface area contributed by atoms with Gasteiger partial charge in [-0.15, -0.1) is 0 Å². The van der Waals surface area contributed by atoms with Crippen LogP contribution in [0.5, 0.6) is 0 Å². The van der Waals surface area contributed by atoms with E-state index in [0.717, 1.165) is 13.8 Å². The number of nitrogens with one attached hydrogen (secondary N) is 2. The maximum Gasteiger partial charge on any atom is 0.338 e. The minimum absolute atomic E-state index is 0.0364. The average molecular weight is 833 g/mol. The minimum atomic E-state index is -2.38. The first-order valence-corrected chi connectivity index (χ1v) is 19.6. The molecule has 2 amide bonds. The molecule has 16 heteroatoms. The van der Waals surface area contributed by atoms with E-state index in [9.17, 15) is 34.2 Å². The molecule has 16 nitrogen and oxygen atoms in total. The molecule has 0 radical (unpaired) electrons. The fourth-order valence-corrected chi connectivity index (χ4v) is 9.01. The number of ketones is 1. The first-order valence-electron chi connectivity index (χ1n) is 19.6. The van der Waals surface area contributed by atoms with E-state index in [2.05, 4.69) is 10.6 Å². The molecule has 0 aromatic heterocycles. The number of carbonyl (C=O) groups is 6. The third kappa shape index (κ3) is 7.72. The lowest BCUT2D eigenvalue weighted by Gasteiger charge is -2.63. The Morgan fingerprint density at radius 1 is 0.900 bits per heavy atom. The first-order chi connectivity index (χ1) is 28.0. The van der Waals surface area contributed by atoms with E-state index < -0.39 is 112 Å². The van der Waals surface area contributed by atoms with E-state index >= 15 is 4.79 Å². The quantitative estimate of drug-likeness (QED) is 0.121. The van der Waals surface area contributed by atoms with Crippen LogP contribution in [0, 0.1) is 16.7 Å². The van der Waals surface area contributed by atoms with Crippen molar-refractivity contribution in [3.8, 4) is 0 Å². The van der Waals surface area contributed by atoms with Crippen LogP contribution in [0.25, 0.3) is 0 Å². The molecule has 0 spiro atoms. The van der Waals surface area contributed by atoms with Crippen LogP contribution in [-0.4, -0.2) is 93.4 Å². The summed E-state index contributed by atoms with van der Waals surface area (Å²) in [6, 6.07) is 14.1. The van der Waals surface area contributed by atoms with Gasteiger partial charge in [-0.25, -0.2) is 19.3 Å². The van der Waals surface area contributed by atoms with Crippen molar-refractivity contribution in [1.82, 2.24) is 10.6 Å². The number of aliphatic hydroxyl groups is 2. The number of amides is 2. The maximum absolute atomic E-state index is 15.3. The average Bonchev–Trinajstić information content (AvgIpc) is 3.15. The molecule has 1 heterocycles. The predicted molar refractivity (Wildman–Crippen MR) is 210 cm³/mol. The van der Waals surface area contributed by atoms with Crippen LogP contribution < -0.4 is 10.6 Å². The van der Waals surface area contributed by atoms with Crippen LogP contribution in [-0.2, 0) is 47.9 Å². The van der Waals surface area contributed by atoms with Crippen molar-refractivity contribution in [3.05, 3.63) is 95.1 Å². The Balaban J connectivity index is 1.52. The maximum atomic E-state index is 15.3. The molecule has 3 aliphatic carbocycles. The Kier molecular flexibility index (Phi) is 11.7. The van der Waals surface area contributed by atoms with Gasteiger partial charge in [-0.3, -0.25) is 14.4 Å². The Hall–Kier alpha value is -5.42. The predicted octanol–water partition coefficient (Wildman–Crippen LogP) is 4.10. The van der Waals surface area contributed by atoms with E-state index in [0.29, 0.717) is 5.56 Å². The normalized spacial score (nSPS) is 31.3. The molecular weight excluding hydrogens is 780 g/mol. The number of rotatable bonds is 9. The Bertz CT molecular complexity index is 2110. The van der Waals surface area contributed by atoms with Gasteiger partial charge in [-0.05, 0) is 69.5 Å². The fourth-order valence-electron chi connectivity index (χ4n) is 9.01. The molecule has 1 aliphatic heterocycles. The van der Waals surface area contributed by atoms with Gasteiger partial charge >= 0.3 is 29.9 Å². The molecule has 2 aromatic rings. The summed E-state index contributed by atoms with van der Waals surface area (Å²) in [5.74, 6) is -8.40. The van der Waals surface area contributed by atoms with Crippen LogP contribution >= 0.6 is 0 Å². The highest BCUT2D eigenvalue weighted by Crippen LogP contribution is 2.63. The smallest absolute Gasteiger partial charge is 0.338 e. The van der Waals surface area contributed by atoms with Crippen molar-refractivity contribution in [1.29, 1.82) is 0 Å². The second kappa shape index (κ2) is 15.9. The summed E-state index contributed by atoms with van der Waals surface area (Å²) >= 11 is 0.